The normalized spacial score (nSPS) is 15.0. The van der Waals surface area contributed by atoms with Crippen molar-refractivity contribution in [2.45, 2.75) is 194 Å². The molecule has 1 aliphatic rings. The summed E-state index contributed by atoms with van der Waals surface area (Å²) in [5, 5.41) is 0. The maximum absolute atomic E-state index is 6.11. The van der Waals surface area contributed by atoms with Gasteiger partial charge in [-0.15, -0.1) is 0 Å². The van der Waals surface area contributed by atoms with Crippen molar-refractivity contribution in [3.8, 4) is 0 Å². The lowest BCUT2D eigenvalue weighted by atomic mass is 10.1. The molecule has 0 bridgehead atoms. The van der Waals surface area contributed by atoms with Crippen LogP contribution in [0, 0.1) is 0 Å². The van der Waals surface area contributed by atoms with E-state index in [2.05, 4.69) is 38.2 Å². The number of morpholine rings is 1. The molecule has 1 rings (SSSR count). The molecule has 0 aromatic heterocycles. The fraction of sp³-hybridized carbons (Fsp3) is 0.909. The molecule has 0 aromatic rings. The predicted molar refractivity (Wildman–Crippen MR) is 211 cm³/mol. The van der Waals surface area contributed by atoms with Crippen LogP contribution >= 0.6 is 0 Å². The molecule has 0 atom stereocenters. The summed E-state index contributed by atoms with van der Waals surface area (Å²) >= 11 is 0. The van der Waals surface area contributed by atoms with Crippen LogP contribution in [0.15, 0.2) is 24.3 Å². The van der Waals surface area contributed by atoms with Gasteiger partial charge in [0.1, 0.15) is 26.2 Å². The molecular formula is C44H86NO3+. The predicted octanol–water partition coefficient (Wildman–Crippen LogP) is 12.9. The van der Waals surface area contributed by atoms with Crippen LogP contribution in [0.4, 0.5) is 0 Å². The number of rotatable bonds is 38. The van der Waals surface area contributed by atoms with Crippen LogP contribution in [0.5, 0.6) is 0 Å². The summed E-state index contributed by atoms with van der Waals surface area (Å²) in [5.41, 5.74) is 0. The molecule has 0 N–H and O–H groups in total. The average Bonchev–Trinajstić information content (AvgIpc) is 3.10. The van der Waals surface area contributed by atoms with Crippen molar-refractivity contribution in [1.29, 1.82) is 0 Å². The molecule has 1 fully saturated rings. The van der Waals surface area contributed by atoms with Gasteiger partial charge in [-0.1, -0.05) is 154 Å². The molecule has 0 amide bonds. The van der Waals surface area contributed by atoms with Gasteiger partial charge in [0.25, 0.3) is 0 Å². The summed E-state index contributed by atoms with van der Waals surface area (Å²) in [4.78, 5) is 0. The molecule has 4 heteroatoms. The number of quaternary nitrogens is 1. The Labute approximate surface area is 301 Å². The van der Waals surface area contributed by atoms with E-state index in [-0.39, 0.29) is 0 Å². The highest BCUT2D eigenvalue weighted by atomic mass is 16.5. The van der Waals surface area contributed by atoms with Crippen molar-refractivity contribution in [2.75, 3.05) is 65.8 Å². The smallest absolute Gasteiger partial charge is 0.103 e. The molecule has 0 spiro atoms. The minimum atomic E-state index is 0.875. The van der Waals surface area contributed by atoms with E-state index in [0.717, 1.165) is 70.3 Å². The van der Waals surface area contributed by atoms with Gasteiger partial charge in [-0.05, 0) is 64.2 Å². The Hall–Kier alpha value is -0.680. The third-order valence-electron chi connectivity index (χ3n) is 10.4. The van der Waals surface area contributed by atoms with E-state index < -0.39 is 0 Å². The van der Waals surface area contributed by atoms with Crippen LogP contribution in [0.1, 0.15) is 194 Å². The number of hydrogen-bond donors (Lipinski definition) is 0. The van der Waals surface area contributed by atoms with Crippen molar-refractivity contribution in [3.63, 3.8) is 0 Å². The molecule has 1 heterocycles. The van der Waals surface area contributed by atoms with Gasteiger partial charge in [-0.25, -0.2) is 0 Å². The molecule has 0 unspecified atom stereocenters. The Morgan fingerprint density at radius 1 is 0.396 bits per heavy atom. The topological polar surface area (TPSA) is 27.7 Å². The lowest BCUT2D eigenvalue weighted by molar-refractivity contribution is -0.935. The molecule has 0 radical (unpaired) electrons. The fourth-order valence-corrected chi connectivity index (χ4v) is 6.91. The summed E-state index contributed by atoms with van der Waals surface area (Å²) in [6.07, 6.45) is 47.6. The number of allylic oxidation sites excluding steroid dienone is 4. The molecule has 0 saturated carbocycles. The average molecular weight is 677 g/mol. The van der Waals surface area contributed by atoms with Gasteiger partial charge >= 0.3 is 0 Å². The van der Waals surface area contributed by atoms with Crippen molar-refractivity contribution >= 4 is 0 Å². The standard InChI is InChI=1S/C44H86NO3/c1-3-5-7-9-11-13-15-17-19-21-23-25-27-29-31-33-39-46-41-35-45(37-43-48-44-38-45)36-42-47-40-34-32-30-28-26-24-22-20-18-16-14-12-10-8-6-4-2/h17-20H,3-16,21-44H2,1-2H3/q+1. The van der Waals surface area contributed by atoms with Crippen molar-refractivity contribution in [2.24, 2.45) is 0 Å². The Kier molecular flexibility index (Phi) is 35.5. The monoisotopic (exact) mass is 677 g/mol. The molecule has 1 saturated heterocycles. The first kappa shape index (κ1) is 45.3. The molecule has 1 aliphatic heterocycles. The van der Waals surface area contributed by atoms with Gasteiger partial charge in [0.2, 0.25) is 0 Å². The van der Waals surface area contributed by atoms with Crippen LogP contribution in [0.25, 0.3) is 0 Å². The third-order valence-corrected chi connectivity index (χ3v) is 10.4. The second-order valence-electron chi connectivity index (χ2n) is 14.9. The van der Waals surface area contributed by atoms with Crippen molar-refractivity contribution in [1.82, 2.24) is 0 Å². The van der Waals surface area contributed by atoms with Crippen molar-refractivity contribution in [3.05, 3.63) is 24.3 Å². The lowest BCUT2D eigenvalue weighted by Crippen LogP contribution is -2.58. The molecule has 4 nitrogen and oxygen atoms in total. The lowest BCUT2D eigenvalue weighted by Gasteiger charge is -2.41. The zero-order chi connectivity index (χ0) is 34.3. The summed E-state index contributed by atoms with van der Waals surface area (Å²) in [7, 11) is 0. The van der Waals surface area contributed by atoms with Crippen LogP contribution in [0.3, 0.4) is 0 Å². The molecule has 0 aliphatic carbocycles. The SMILES string of the molecule is CCCCCCCCC=CCCCCCCCCOCC[N+]1(CCOCCCCCCCCC=CCCCCCCCC)CCOCC1. The first-order valence-electron chi connectivity index (χ1n) is 21.7. The van der Waals surface area contributed by atoms with E-state index >= 15 is 0 Å². The first-order valence-corrected chi connectivity index (χ1v) is 21.7. The number of nitrogens with zero attached hydrogens (tertiary/aromatic N) is 1. The Morgan fingerprint density at radius 2 is 0.708 bits per heavy atom. The fourth-order valence-electron chi connectivity index (χ4n) is 6.91. The summed E-state index contributed by atoms with van der Waals surface area (Å²) in [6, 6.07) is 0. The first-order chi connectivity index (χ1) is 23.8. The second-order valence-corrected chi connectivity index (χ2v) is 14.9. The largest absolute Gasteiger partial charge is 0.376 e. The van der Waals surface area contributed by atoms with Gasteiger partial charge in [-0.3, -0.25) is 0 Å². The zero-order valence-electron chi connectivity index (χ0n) is 32.9. The minimum Gasteiger partial charge on any atom is -0.376 e. The summed E-state index contributed by atoms with van der Waals surface area (Å²) in [6.45, 7) is 14.4. The molecular weight excluding hydrogens is 590 g/mol. The highest BCUT2D eigenvalue weighted by Gasteiger charge is 2.29. The van der Waals surface area contributed by atoms with Gasteiger partial charge < -0.3 is 18.7 Å². The highest BCUT2D eigenvalue weighted by Crippen LogP contribution is 2.14. The number of ether oxygens (including phenoxy) is 3. The van der Waals surface area contributed by atoms with Crippen LogP contribution in [-0.2, 0) is 14.2 Å². The maximum Gasteiger partial charge on any atom is 0.103 e. The van der Waals surface area contributed by atoms with Gasteiger partial charge in [0.05, 0.1) is 26.4 Å². The Bertz CT molecular complexity index is 622. The van der Waals surface area contributed by atoms with E-state index in [1.807, 2.05) is 0 Å². The molecule has 0 aromatic carbocycles. The van der Waals surface area contributed by atoms with E-state index in [9.17, 15) is 0 Å². The van der Waals surface area contributed by atoms with Gasteiger partial charge in [-0.2, -0.15) is 0 Å². The molecule has 284 valence electrons. The van der Waals surface area contributed by atoms with E-state index in [1.165, 1.54) is 180 Å². The third kappa shape index (κ3) is 31.3. The second kappa shape index (κ2) is 37.6. The van der Waals surface area contributed by atoms with Crippen LogP contribution in [-0.4, -0.2) is 70.3 Å². The number of hydrogen-bond acceptors (Lipinski definition) is 3. The van der Waals surface area contributed by atoms with E-state index in [1.54, 1.807) is 0 Å². The van der Waals surface area contributed by atoms with Crippen LogP contribution < -0.4 is 0 Å². The number of unbranched alkanes of at least 4 members (excludes halogenated alkanes) is 24. The van der Waals surface area contributed by atoms with Crippen molar-refractivity contribution < 1.29 is 18.7 Å². The van der Waals surface area contributed by atoms with Gasteiger partial charge in [0, 0.05) is 13.2 Å². The Balaban J connectivity index is 1.90. The summed E-state index contributed by atoms with van der Waals surface area (Å²) in [5.74, 6) is 0. The molecule has 48 heavy (non-hydrogen) atoms. The van der Waals surface area contributed by atoms with Crippen LogP contribution in [0.2, 0.25) is 0 Å². The van der Waals surface area contributed by atoms with E-state index in [4.69, 9.17) is 14.2 Å². The summed E-state index contributed by atoms with van der Waals surface area (Å²) < 4.78 is 19.0. The quantitative estimate of drug-likeness (QED) is 0.0370. The Morgan fingerprint density at radius 3 is 1.06 bits per heavy atom. The van der Waals surface area contributed by atoms with Gasteiger partial charge in [0.15, 0.2) is 0 Å². The zero-order valence-corrected chi connectivity index (χ0v) is 32.9. The maximum atomic E-state index is 6.11. The van der Waals surface area contributed by atoms with E-state index in [0.29, 0.717) is 0 Å². The minimum absolute atomic E-state index is 0.875. The highest BCUT2D eigenvalue weighted by molar-refractivity contribution is 4.82.